The van der Waals surface area contributed by atoms with E-state index in [4.69, 9.17) is 14.2 Å². The lowest BCUT2D eigenvalue weighted by Crippen LogP contribution is -2.56. The lowest BCUT2D eigenvalue weighted by atomic mass is 9.98. The van der Waals surface area contributed by atoms with Gasteiger partial charge in [0.25, 0.3) is 0 Å². The van der Waals surface area contributed by atoms with Gasteiger partial charge in [0, 0.05) is 11.6 Å². The van der Waals surface area contributed by atoms with Crippen molar-refractivity contribution in [2.24, 2.45) is 0 Å². The topological polar surface area (TPSA) is 131 Å². The fraction of sp³-hybridized carbons (Fsp3) is 0.526. The number of benzene rings is 1. The third-order valence-corrected chi connectivity index (χ3v) is 4.90. The number of carbonyl (C=O) groups is 1. The van der Waals surface area contributed by atoms with Crippen LogP contribution in [0.4, 0.5) is 0 Å². The molecule has 0 saturated carbocycles. The van der Waals surface area contributed by atoms with Gasteiger partial charge in [-0.15, -0.1) is 0 Å². The molecule has 1 saturated heterocycles. The van der Waals surface area contributed by atoms with Gasteiger partial charge in [0.1, 0.15) is 30.2 Å². The summed E-state index contributed by atoms with van der Waals surface area (Å²) in [5.74, 6) is 0.0720. The van der Waals surface area contributed by atoms with Gasteiger partial charge in [-0.1, -0.05) is 12.1 Å². The van der Waals surface area contributed by atoms with E-state index in [9.17, 15) is 25.2 Å². The molecule has 4 N–H and O–H groups in total. The van der Waals surface area contributed by atoms with Crippen LogP contribution in [0.15, 0.2) is 24.4 Å². The number of aliphatic hydroxyl groups excluding tert-OH is 4. The number of nitrogens with zero attached hydrogens (tertiary/aromatic N) is 1. The van der Waals surface area contributed by atoms with Crippen LogP contribution in [-0.4, -0.2) is 75.7 Å². The van der Waals surface area contributed by atoms with Gasteiger partial charge in [-0.05, 0) is 18.6 Å². The van der Waals surface area contributed by atoms with Crippen LogP contribution in [0.5, 0.6) is 5.75 Å². The normalized spacial score (nSPS) is 27.7. The molecule has 2 heterocycles. The summed E-state index contributed by atoms with van der Waals surface area (Å²) in [7, 11) is 1.49. The molecule has 28 heavy (non-hydrogen) atoms. The first-order valence-corrected chi connectivity index (χ1v) is 9.05. The summed E-state index contributed by atoms with van der Waals surface area (Å²) in [6.07, 6.45) is -4.97. The summed E-state index contributed by atoms with van der Waals surface area (Å²) in [5, 5.41) is 40.8. The van der Waals surface area contributed by atoms with Crippen molar-refractivity contribution in [2.75, 3.05) is 20.3 Å². The summed E-state index contributed by atoms with van der Waals surface area (Å²) >= 11 is 0. The molecular weight excluding hydrogens is 370 g/mol. The van der Waals surface area contributed by atoms with Crippen LogP contribution in [0.2, 0.25) is 0 Å². The van der Waals surface area contributed by atoms with Crippen molar-refractivity contribution < 1.29 is 39.4 Å². The van der Waals surface area contributed by atoms with Crippen LogP contribution in [0, 0.1) is 0 Å². The first kappa shape index (κ1) is 20.6. The van der Waals surface area contributed by atoms with Crippen molar-refractivity contribution in [3.63, 3.8) is 0 Å². The molecular formula is C19H25NO8. The zero-order valence-corrected chi connectivity index (χ0v) is 15.7. The second-order valence-corrected chi connectivity index (χ2v) is 6.62. The Morgan fingerprint density at radius 2 is 1.96 bits per heavy atom. The SMILES string of the molecule is CCOC(=O)Cc1cn([C@@H]2O[C@H](CO)[C@@H](O)[C@H](O)[C@H]2O)c2c(OC)cccc12. The maximum Gasteiger partial charge on any atom is 0.310 e. The highest BCUT2D eigenvalue weighted by molar-refractivity contribution is 5.92. The number of hydrogen-bond acceptors (Lipinski definition) is 8. The molecule has 1 aromatic heterocycles. The van der Waals surface area contributed by atoms with Gasteiger partial charge in [-0.25, -0.2) is 0 Å². The standard InChI is InChI=1S/C19H25NO8/c1-3-27-14(22)7-10-8-20(15-11(10)5-4-6-12(15)26-2)19-18(25)17(24)16(23)13(9-21)28-19/h4-6,8,13,16-19,21,23-25H,3,7,9H2,1-2H3/t13-,16-,17+,18-,19-/m1/s1. The molecule has 9 heteroatoms. The van der Waals surface area contributed by atoms with Gasteiger partial charge in [0.15, 0.2) is 6.23 Å². The third-order valence-electron chi connectivity index (χ3n) is 4.90. The molecule has 0 amide bonds. The lowest BCUT2D eigenvalue weighted by Gasteiger charge is -2.40. The highest BCUT2D eigenvalue weighted by Gasteiger charge is 2.44. The minimum Gasteiger partial charge on any atom is -0.495 e. The first-order valence-electron chi connectivity index (χ1n) is 9.05. The van der Waals surface area contributed by atoms with Gasteiger partial charge in [0.2, 0.25) is 0 Å². The van der Waals surface area contributed by atoms with Crippen molar-refractivity contribution in [3.8, 4) is 5.75 Å². The largest absolute Gasteiger partial charge is 0.495 e. The fourth-order valence-corrected chi connectivity index (χ4v) is 3.54. The molecule has 2 aromatic rings. The second kappa shape index (κ2) is 8.46. The third kappa shape index (κ3) is 3.59. The van der Waals surface area contributed by atoms with Crippen LogP contribution in [-0.2, 0) is 20.7 Å². The van der Waals surface area contributed by atoms with E-state index in [0.717, 1.165) is 0 Å². The van der Waals surface area contributed by atoms with Crippen LogP contribution in [0.3, 0.4) is 0 Å². The predicted octanol–water partition coefficient (Wildman–Crippen LogP) is -0.272. The van der Waals surface area contributed by atoms with Crippen LogP contribution in [0.1, 0.15) is 18.7 Å². The molecule has 0 unspecified atom stereocenters. The van der Waals surface area contributed by atoms with Gasteiger partial charge in [0.05, 0.1) is 32.3 Å². The summed E-state index contributed by atoms with van der Waals surface area (Å²) < 4.78 is 17.7. The number of ether oxygens (including phenoxy) is 3. The summed E-state index contributed by atoms with van der Waals surface area (Å²) in [6, 6.07) is 5.29. The number of rotatable bonds is 6. The summed E-state index contributed by atoms with van der Waals surface area (Å²) in [4.78, 5) is 12.0. The van der Waals surface area contributed by atoms with E-state index >= 15 is 0 Å². The Balaban J connectivity index is 2.10. The van der Waals surface area contributed by atoms with Gasteiger partial charge < -0.3 is 39.2 Å². The van der Waals surface area contributed by atoms with Gasteiger partial charge in [-0.2, -0.15) is 0 Å². The average molecular weight is 395 g/mol. The molecule has 154 valence electrons. The highest BCUT2D eigenvalue weighted by atomic mass is 16.6. The Labute approximate surface area is 161 Å². The Bertz CT molecular complexity index is 833. The number of para-hydroxylation sites is 1. The van der Waals surface area contributed by atoms with E-state index < -0.39 is 43.2 Å². The predicted molar refractivity (Wildman–Crippen MR) is 97.8 cm³/mol. The minimum absolute atomic E-state index is 0.00191. The summed E-state index contributed by atoms with van der Waals surface area (Å²) in [5.41, 5.74) is 1.18. The fourth-order valence-electron chi connectivity index (χ4n) is 3.54. The average Bonchev–Trinajstić information content (AvgIpc) is 3.05. The first-order chi connectivity index (χ1) is 13.4. The lowest BCUT2D eigenvalue weighted by molar-refractivity contribution is -0.250. The molecule has 9 nitrogen and oxygen atoms in total. The molecule has 3 rings (SSSR count). The number of aromatic nitrogens is 1. The summed E-state index contributed by atoms with van der Waals surface area (Å²) in [6.45, 7) is 1.44. The van der Waals surface area contributed by atoms with Crippen molar-refractivity contribution in [3.05, 3.63) is 30.0 Å². The Morgan fingerprint density at radius 1 is 1.21 bits per heavy atom. The molecule has 1 aliphatic heterocycles. The molecule has 0 radical (unpaired) electrons. The van der Waals surface area contributed by atoms with Gasteiger partial charge >= 0.3 is 5.97 Å². The van der Waals surface area contributed by atoms with Crippen molar-refractivity contribution >= 4 is 16.9 Å². The highest BCUT2D eigenvalue weighted by Crippen LogP contribution is 2.37. The van der Waals surface area contributed by atoms with Crippen molar-refractivity contribution in [2.45, 2.75) is 44.0 Å². The molecule has 5 atom stereocenters. The van der Waals surface area contributed by atoms with Gasteiger partial charge in [-0.3, -0.25) is 4.79 Å². The molecule has 0 spiro atoms. The van der Waals surface area contributed by atoms with Crippen molar-refractivity contribution in [1.29, 1.82) is 0 Å². The van der Waals surface area contributed by atoms with E-state index in [1.54, 1.807) is 35.9 Å². The number of carbonyl (C=O) groups excluding carboxylic acids is 1. The number of methoxy groups -OCH3 is 1. The van der Waals surface area contributed by atoms with Crippen molar-refractivity contribution in [1.82, 2.24) is 4.57 Å². The maximum atomic E-state index is 12.0. The Kier molecular flexibility index (Phi) is 6.21. The minimum atomic E-state index is -1.52. The number of aliphatic hydroxyl groups is 4. The zero-order valence-electron chi connectivity index (χ0n) is 15.7. The molecule has 1 fully saturated rings. The van der Waals surface area contributed by atoms with Crippen LogP contribution in [0.25, 0.3) is 10.9 Å². The van der Waals surface area contributed by atoms with Crippen LogP contribution < -0.4 is 4.74 Å². The van der Waals surface area contributed by atoms with Crippen LogP contribution >= 0.6 is 0 Å². The number of hydrogen-bond donors (Lipinski definition) is 4. The molecule has 0 aliphatic carbocycles. The molecule has 1 aromatic carbocycles. The quantitative estimate of drug-likeness (QED) is 0.492. The Hall–Kier alpha value is -2.17. The zero-order chi connectivity index (χ0) is 20.4. The monoisotopic (exact) mass is 395 g/mol. The van der Waals surface area contributed by atoms with E-state index in [1.165, 1.54) is 7.11 Å². The van der Waals surface area contributed by atoms with E-state index in [2.05, 4.69) is 0 Å². The second-order valence-electron chi connectivity index (χ2n) is 6.62. The van der Waals surface area contributed by atoms with E-state index in [1.807, 2.05) is 0 Å². The molecule has 1 aliphatic rings. The van der Waals surface area contributed by atoms with E-state index in [-0.39, 0.29) is 13.0 Å². The molecule has 0 bridgehead atoms. The number of esters is 1. The number of fused-ring (bicyclic) bond motifs is 1. The maximum absolute atomic E-state index is 12.0. The smallest absolute Gasteiger partial charge is 0.310 e. The Morgan fingerprint density at radius 3 is 2.61 bits per heavy atom. The van der Waals surface area contributed by atoms with E-state index in [0.29, 0.717) is 22.2 Å².